The van der Waals surface area contributed by atoms with Gasteiger partial charge in [0.1, 0.15) is 5.75 Å². The molecule has 0 heterocycles. The number of para-hydroxylation sites is 1. The van der Waals surface area contributed by atoms with Gasteiger partial charge in [-0.3, -0.25) is 4.79 Å². The van der Waals surface area contributed by atoms with Crippen molar-refractivity contribution < 1.29 is 9.53 Å². The molecule has 2 N–H and O–H groups in total. The number of nitrogens with two attached hydrogens (primary N) is 1. The molecule has 0 aliphatic rings. The molecule has 64 valence electrons. The third-order valence-corrected chi connectivity index (χ3v) is 1.60. The van der Waals surface area contributed by atoms with E-state index in [0.29, 0.717) is 10.6 Å². The summed E-state index contributed by atoms with van der Waals surface area (Å²) in [7, 11) is 0. The number of carbonyl (C=O) groups excluding carboxylic acids is 1. The molecule has 0 unspecified atom stereocenters. The smallest absolute Gasteiger partial charge is 0.255 e. The van der Waals surface area contributed by atoms with Gasteiger partial charge in [0.15, 0.2) is 6.61 Å². The first-order valence-electron chi connectivity index (χ1n) is 3.39. The molecule has 1 aromatic rings. The van der Waals surface area contributed by atoms with Crippen LogP contribution in [0, 0.1) is 0 Å². The zero-order valence-corrected chi connectivity index (χ0v) is 7.25. The fourth-order valence-corrected chi connectivity index (χ4v) is 0.953. The highest BCUT2D eigenvalue weighted by Gasteiger charge is 1.99. The average Bonchev–Trinajstić information content (AvgIpc) is 2.03. The third-order valence-electron chi connectivity index (χ3n) is 1.24. The van der Waals surface area contributed by atoms with Gasteiger partial charge in [-0.1, -0.05) is 12.1 Å². The SMILES string of the molecule is NC(=O)COc1ccccc1S. The minimum absolute atomic E-state index is 0.114. The van der Waals surface area contributed by atoms with E-state index in [4.69, 9.17) is 10.5 Å². The normalized spacial score (nSPS) is 9.42. The number of primary amides is 1. The molecule has 1 aromatic carbocycles. The lowest BCUT2D eigenvalue weighted by molar-refractivity contribution is -0.120. The molecule has 0 saturated carbocycles. The highest BCUT2D eigenvalue weighted by atomic mass is 32.1. The minimum atomic E-state index is -0.494. The second kappa shape index (κ2) is 4.01. The van der Waals surface area contributed by atoms with Crippen LogP contribution in [0.1, 0.15) is 0 Å². The van der Waals surface area contributed by atoms with E-state index < -0.39 is 5.91 Å². The average molecular weight is 183 g/mol. The van der Waals surface area contributed by atoms with Gasteiger partial charge < -0.3 is 10.5 Å². The van der Waals surface area contributed by atoms with Crippen molar-refractivity contribution in [1.29, 1.82) is 0 Å². The monoisotopic (exact) mass is 183 g/mol. The van der Waals surface area contributed by atoms with Gasteiger partial charge in [0.2, 0.25) is 0 Å². The maximum Gasteiger partial charge on any atom is 0.255 e. The van der Waals surface area contributed by atoms with Crippen LogP contribution in [0.2, 0.25) is 0 Å². The number of carbonyl (C=O) groups is 1. The highest BCUT2D eigenvalue weighted by Crippen LogP contribution is 2.20. The Morgan fingerprint density at radius 2 is 2.17 bits per heavy atom. The Morgan fingerprint density at radius 1 is 1.50 bits per heavy atom. The molecule has 0 aliphatic heterocycles. The number of hydrogen-bond donors (Lipinski definition) is 2. The second-order valence-electron chi connectivity index (χ2n) is 2.22. The summed E-state index contributed by atoms with van der Waals surface area (Å²) in [5.74, 6) is 0.0752. The van der Waals surface area contributed by atoms with Crippen LogP contribution in [-0.4, -0.2) is 12.5 Å². The number of amides is 1. The molecule has 0 saturated heterocycles. The largest absolute Gasteiger partial charge is 0.483 e. The number of benzene rings is 1. The lowest BCUT2D eigenvalue weighted by Gasteiger charge is -2.04. The van der Waals surface area contributed by atoms with Crippen LogP contribution < -0.4 is 10.5 Å². The Labute approximate surface area is 75.9 Å². The van der Waals surface area contributed by atoms with Crippen molar-refractivity contribution in [1.82, 2.24) is 0 Å². The van der Waals surface area contributed by atoms with Crippen molar-refractivity contribution in [2.45, 2.75) is 4.90 Å². The van der Waals surface area contributed by atoms with E-state index in [9.17, 15) is 4.79 Å². The van der Waals surface area contributed by atoms with Crippen LogP contribution in [0.25, 0.3) is 0 Å². The van der Waals surface area contributed by atoms with Gasteiger partial charge in [0.25, 0.3) is 5.91 Å². The molecule has 0 radical (unpaired) electrons. The molecule has 0 aromatic heterocycles. The molecule has 0 spiro atoms. The van der Waals surface area contributed by atoms with Gasteiger partial charge in [-0.25, -0.2) is 0 Å². The van der Waals surface area contributed by atoms with E-state index in [0.717, 1.165) is 0 Å². The highest BCUT2D eigenvalue weighted by molar-refractivity contribution is 7.80. The summed E-state index contributed by atoms with van der Waals surface area (Å²) in [4.78, 5) is 11.0. The molecule has 0 atom stereocenters. The number of hydrogen-bond acceptors (Lipinski definition) is 3. The fourth-order valence-electron chi connectivity index (χ4n) is 0.728. The van der Waals surface area contributed by atoms with Crippen molar-refractivity contribution >= 4 is 18.5 Å². The number of thiol groups is 1. The van der Waals surface area contributed by atoms with Crippen LogP contribution >= 0.6 is 12.6 Å². The van der Waals surface area contributed by atoms with Gasteiger partial charge in [0.05, 0.1) is 0 Å². The van der Waals surface area contributed by atoms with Gasteiger partial charge in [-0.15, -0.1) is 12.6 Å². The van der Waals surface area contributed by atoms with E-state index in [1.54, 1.807) is 18.2 Å². The summed E-state index contributed by atoms with van der Waals surface area (Å²) in [5, 5.41) is 0. The Hall–Kier alpha value is -1.16. The molecule has 1 rings (SSSR count). The topological polar surface area (TPSA) is 52.3 Å². The lowest BCUT2D eigenvalue weighted by Crippen LogP contribution is -2.20. The van der Waals surface area contributed by atoms with E-state index in [1.807, 2.05) is 6.07 Å². The Morgan fingerprint density at radius 3 is 2.75 bits per heavy atom. The molecular weight excluding hydrogens is 174 g/mol. The predicted octanol–water partition coefficient (Wildman–Crippen LogP) is 0.839. The Balaban J connectivity index is 2.63. The van der Waals surface area contributed by atoms with Gasteiger partial charge in [0, 0.05) is 4.90 Å². The maximum absolute atomic E-state index is 10.4. The zero-order valence-electron chi connectivity index (χ0n) is 6.36. The lowest BCUT2D eigenvalue weighted by atomic mass is 10.3. The predicted molar refractivity (Wildman–Crippen MR) is 48.4 cm³/mol. The summed E-state index contributed by atoms with van der Waals surface area (Å²) < 4.78 is 5.05. The minimum Gasteiger partial charge on any atom is -0.483 e. The quantitative estimate of drug-likeness (QED) is 0.682. The van der Waals surface area contributed by atoms with Crippen LogP contribution in [-0.2, 0) is 4.79 Å². The van der Waals surface area contributed by atoms with Crippen LogP contribution in [0.15, 0.2) is 29.2 Å². The summed E-state index contributed by atoms with van der Waals surface area (Å²) in [6, 6.07) is 7.14. The molecule has 4 heteroatoms. The van der Waals surface area contributed by atoms with Gasteiger partial charge in [-0.2, -0.15) is 0 Å². The van der Waals surface area contributed by atoms with Crippen molar-refractivity contribution in [3.8, 4) is 5.75 Å². The zero-order chi connectivity index (χ0) is 8.97. The molecule has 0 aliphatic carbocycles. The van der Waals surface area contributed by atoms with Gasteiger partial charge >= 0.3 is 0 Å². The third kappa shape index (κ3) is 2.47. The van der Waals surface area contributed by atoms with E-state index in [1.165, 1.54) is 0 Å². The van der Waals surface area contributed by atoms with E-state index in [2.05, 4.69) is 12.6 Å². The first-order chi connectivity index (χ1) is 5.70. The van der Waals surface area contributed by atoms with Gasteiger partial charge in [-0.05, 0) is 12.1 Å². The van der Waals surface area contributed by atoms with Crippen LogP contribution in [0.5, 0.6) is 5.75 Å². The van der Waals surface area contributed by atoms with Crippen molar-refractivity contribution in [2.75, 3.05) is 6.61 Å². The molecule has 12 heavy (non-hydrogen) atoms. The molecule has 3 nitrogen and oxygen atoms in total. The molecular formula is C8H9NO2S. The molecule has 0 bridgehead atoms. The van der Waals surface area contributed by atoms with Crippen molar-refractivity contribution in [3.05, 3.63) is 24.3 Å². The molecule has 1 amide bonds. The maximum atomic E-state index is 10.4. The first kappa shape index (κ1) is 8.93. The summed E-state index contributed by atoms with van der Waals surface area (Å²) in [5.41, 5.74) is 4.90. The van der Waals surface area contributed by atoms with Crippen LogP contribution in [0.4, 0.5) is 0 Å². The second-order valence-corrected chi connectivity index (χ2v) is 2.70. The summed E-state index contributed by atoms with van der Waals surface area (Å²) in [6.07, 6.45) is 0. The first-order valence-corrected chi connectivity index (χ1v) is 3.84. The standard InChI is InChI=1S/C8H9NO2S/c9-8(10)5-11-6-3-1-2-4-7(6)12/h1-4,12H,5H2,(H2,9,10). The molecule has 0 fully saturated rings. The number of rotatable bonds is 3. The summed E-state index contributed by atoms with van der Waals surface area (Å²) in [6.45, 7) is -0.114. The Kier molecular flexibility index (Phi) is 2.99. The van der Waals surface area contributed by atoms with E-state index >= 15 is 0 Å². The van der Waals surface area contributed by atoms with Crippen molar-refractivity contribution in [2.24, 2.45) is 5.73 Å². The number of ether oxygens (including phenoxy) is 1. The summed E-state index contributed by atoms with van der Waals surface area (Å²) >= 11 is 4.12. The Bertz CT molecular complexity index is 288. The van der Waals surface area contributed by atoms with Crippen molar-refractivity contribution in [3.63, 3.8) is 0 Å². The fraction of sp³-hybridized carbons (Fsp3) is 0.125. The van der Waals surface area contributed by atoms with E-state index in [-0.39, 0.29) is 6.61 Å². The van der Waals surface area contributed by atoms with Crippen LogP contribution in [0.3, 0.4) is 0 Å².